The Labute approximate surface area is 373 Å². The number of nitrogen functional groups attached to an aromatic ring is 1. The molecule has 4 aromatic carbocycles. The second-order valence-corrected chi connectivity index (χ2v) is 15.6. The van der Waals surface area contributed by atoms with E-state index < -0.39 is 11.9 Å². The molecule has 13 nitrogen and oxygen atoms in total. The van der Waals surface area contributed by atoms with Gasteiger partial charge in [0.25, 0.3) is 5.91 Å². The molecule has 0 aliphatic rings. The Hall–Kier alpha value is -8.40. The van der Waals surface area contributed by atoms with Crippen LogP contribution in [0.25, 0.3) is 64.4 Å². The molecule has 0 bridgehead atoms. The van der Waals surface area contributed by atoms with Gasteiger partial charge < -0.3 is 26.1 Å². The fraction of sp³-hybridized carbons (Fsp3) is 0.0204. The number of carboxylic acids is 1. The number of thiazole rings is 2. The van der Waals surface area contributed by atoms with Gasteiger partial charge in [0.1, 0.15) is 42.1 Å². The number of carbonyl (C=O) groups is 2. The van der Waals surface area contributed by atoms with E-state index >= 15 is 0 Å². The molecule has 316 valence electrons. The highest BCUT2D eigenvalue weighted by atomic mass is 32.1. The minimum Gasteiger partial charge on any atom is -0.477 e. The fourth-order valence-corrected chi connectivity index (χ4v) is 8.20. The molecule has 0 atom stereocenters. The highest BCUT2D eigenvalue weighted by Gasteiger charge is 2.16. The third-order valence-electron chi connectivity index (χ3n) is 9.26. The summed E-state index contributed by atoms with van der Waals surface area (Å²) in [5.74, 6) is -1.54. The summed E-state index contributed by atoms with van der Waals surface area (Å²) in [7, 11) is 0. The highest BCUT2D eigenvalue weighted by molar-refractivity contribution is 7.21. The Bertz CT molecular complexity index is 3280. The number of aromatic amines is 2. The van der Waals surface area contributed by atoms with Crippen molar-refractivity contribution in [3.63, 3.8) is 0 Å². The number of nitrogens with two attached hydrogens (primary N) is 1. The number of carbonyl (C=O) groups excluding carboxylic acids is 1. The number of carboxylic acid groups (broad SMARTS) is 1. The lowest BCUT2D eigenvalue weighted by molar-refractivity contribution is 0.0690. The molecule has 0 fully saturated rings. The third kappa shape index (κ3) is 10.4. The van der Waals surface area contributed by atoms with E-state index in [2.05, 4.69) is 35.2 Å². The largest absolute Gasteiger partial charge is 0.477 e. The molecule has 0 unspecified atom stereocenters. The maximum atomic E-state index is 13.0. The first-order valence-corrected chi connectivity index (χ1v) is 20.8. The number of nitrogens with one attached hydrogen (secondary N) is 3. The molecule has 0 aliphatic carbocycles. The number of aromatic carboxylic acids is 1. The standard InChI is InChI=1S/C24H16N4O2S.C12H9N3S.C12H9NO3.CH4/c29-16-13-20(15-7-2-1-3-8-15)26-21(14-16)22(30)27-18-10-5-4-9-17(18)23-28-19-11-6-12-25-24(19)31-23;13-9-5-2-1-4-8(9)11-15-10-6-3-7-14-12(10)16-11;14-9-6-10(8-4-2-1-3-5-8)13-11(7-9)12(15)16;/h1-14H,(H,26,29)(H,27,30);1-7H,13H2;1-7H,(H,13,14)(H,15,16);1H4. The summed E-state index contributed by atoms with van der Waals surface area (Å²) in [5, 5.41) is 13.4. The van der Waals surface area contributed by atoms with Crippen LogP contribution in [0.2, 0.25) is 0 Å². The van der Waals surface area contributed by atoms with Crippen molar-refractivity contribution in [1.29, 1.82) is 0 Å². The molecule has 0 spiro atoms. The van der Waals surface area contributed by atoms with Gasteiger partial charge in [-0.3, -0.25) is 14.4 Å². The number of benzene rings is 4. The number of amides is 1. The average molecular weight is 883 g/mol. The molecule has 0 aliphatic heterocycles. The van der Waals surface area contributed by atoms with E-state index in [1.54, 1.807) is 35.9 Å². The molecule has 10 rings (SSSR count). The molecule has 15 heteroatoms. The third-order valence-corrected chi connectivity index (χ3v) is 11.3. The van der Waals surface area contributed by atoms with Crippen molar-refractivity contribution in [3.05, 3.63) is 202 Å². The molecule has 1 amide bonds. The molecule has 6 aromatic heterocycles. The maximum absolute atomic E-state index is 13.0. The number of nitrogens with zero attached hydrogens (tertiary/aromatic N) is 4. The van der Waals surface area contributed by atoms with Gasteiger partial charge in [0, 0.05) is 64.9 Å². The van der Waals surface area contributed by atoms with Crippen molar-refractivity contribution in [2.75, 3.05) is 11.1 Å². The lowest BCUT2D eigenvalue weighted by atomic mass is 10.1. The zero-order valence-corrected chi connectivity index (χ0v) is 34.6. The van der Waals surface area contributed by atoms with E-state index in [1.807, 2.05) is 121 Å². The first-order valence-electron chi connectivity index (χ1n) is 19.2. The van der Waals surface area contributed by atoms with Crippen molar-refractivity contribution in [3.8, 4) is 43.7 Å². The SMILES string of the molecule is C.Nc1ccccc1-c1nc2cccnc2s1.O=C(Nc1ccccc1-c1nc2cccnc2s1)c1cc(=O)cc(-c2ccccc2)[nH]1.O=C(O)c1cc(=O)cc(-c2ccccc2)[nH]1. The number of para-hydroxylation sites is 2. The van der Waals surface area contributed by atoms with Crippen LogP contribution in [0, 0.1) is 0 Å². The van der Waals surface area contributed by atoms with Crippen molar-refractivity contribution < 1.29 is 14.7 Å². The van der Waals surface area contributed by atoms with Gasteiger partial charge in [-0.05, 0) is 59.7 Å². The molecule has 0 saturated heterocycles. The summed E-state index contributed by atoms with van der Waals surface area (Å²) >= 11 is 3.02. The van der Waals surface area contributed by atoms with Gasteiger partial charge in [0.05, 0.1) is 5.69 Å². The van der Waals surface area contributed by atoms with E-state index in [0.717, 1.165) is 64.7 Å². The van der Waals surface area contributed by atoms with Gasteiger partial charge in [-0.1, -0.05) is 115 Å². The van der Waals surface area contributed by atoms with E-state index in [-0.39, 0.29) is 29.7 Å². The summed E-state index contributed by atoms with van der Waals surface area (Å²) in [6.07, 6.45) is 3.51. The first-order chi connectivity index (χ1) is 30.7. The summed E-state index contributed by atoms with van der Waals surface area (Å²) in [4.78, 5) is 72.6. The molecule has 0 radical (unpaired) electrons. The second-order valence-electron chi connectivity index (χ2n) is 13.6. The number of pyridine rings is 4. The second kappa shape index (κ2) is 20.0. The van der Waals surface area contributed by atoms with Crippen molar-refractivity contribution in [2.45, 2.75) is 7.43 Å². The Morgan fingerprint density at radius 1 is 0.562 bits per heavy atom. The average Bonchev–Trinajstić information content (AvgIpc) is 3.95. The van der Waals surface area contributed by atoms with Crippen LogP contribution < -0.4 is 21.9 Å². The van der Waals surface area contributed by atoms with Crippen molar-refractivity contribution in [2.24, 2.45) is 0 Å². The monoisotopic (exact) mass is 882 g/mol. The molecule has 0 saturated carbocycles. The van der Waals surface area contributed by atoms with Crippen LogP contribution in [-0.4, -0.2) is 46.9 Å². The molecule has 6 heterocycles. The number of anilines is 2. The molecular formula is C49H38N8O5S2. The Morgan fingerprint density at radius 3 is 1.56 bits per heavy atom. The Morgan fingerprint density at radius 2 is 1.03 bits per heavy atom. The van der Waals surface area contributed by atoms with E-state index in [9.17, 15) is 19.2 Å². The minimum absolute atomic E-state index is 0. The van der Waals surface area contributed by atoms with Crippen molar-refractivity contribution >= 4 is 66.6 Å². The summed E-state index contributed by atoms with van der Waals surface area (Å²) in [5.41, 5.74) is 13.0. The van der Waals surface area contributed by atoms with Crippen LogP contribution in [0.5, 0.6) is 0 Å². The topological polar surface area (TPSA) is 210 Å². The Balaban J connectivity index is 0.000000157. The number of hydrogen-bond acceptors (Lipinski definition) is 11. The van der Waals surface area contributed by atoms with Crippen LogP contribution in [0.15, 0.2) is 180 Å². The summed E-state index contributed by atoms with van der Waals surface area (Å²) in [6.45, 7) is 0. The predicted molar refractivity (Wildman–Crippen MR) is 257 cm³/mol. The molecule has 6 N–H and O–H groups in total. The number of hydrogen-bond donors (Lipinski definition) is 5. The number of H-pyrrole nitrogens is 2. The van der Waals surface area contributed by atoms with Crippen molar-refractivity contribution in [1.82, 2.24) is 29.9 Å². The van der Waals surface area contributed by atoms with Gasteiger partial charge in [0.15, 0.2) is 10.9 Å². The summed E-state index contributed by atoms with van der Waals surface area (Å²) in [6, 6.07) is 46.5. The van der Waals surface area contributed by atoms with E-state index in [4.69, 9.17) is 10.8 Å². The van der Waals surface area contributed by atoms with Crippen LogP contribution in [0.4, 0.5) is 11.4 Å². The minimum atomic E-state index is -1.14. The smallest absolute Gasteiger partial charge is 0.352 e. The van der Waals surface area contributed by atoms with E-state index in [1.165, 1.54) is 29.5 Å². The van der Waals surface area contributed by atoms with E-state index in [0.29, 0.717) is 17.1 Å². The normalized spacial score (nSPS) is 10.4. The maximum Gasteiger partial charge on any atom is 0.352 e. The van der Waals surface area contributed by atoms with Gasteiger partial charge in [-0.25, -0.2) is 24.7 Å². The van der Waals surface area contributed by atoms with Gasteiger partial charge in [-0.15, -0.1) is 0 Å². The van der Waals surface area contributed by atoms with Crippen LogP contribution in [0.3, 0.4) is 0 Å². The molecular weight excluding hydrogens is 845 g/mol. The lowest BCUT2D eigenvalue weighted by Crippen LogP contribution is -2.17. The quantitative estimate of drug-likeness (QED) is 0.0956. The Kier molecular flexibility index (Phi) is 13.6. The van der Waals surface area contributed by atoms with Gasteiger partial charge >= 0.3 is 5.97 Å². The number of rotatable bonds is 7. The zero-order valence-electron chi connectivity index (χ0n) is 32.9. The highest BCUT2D eigenvalue weighted by Crippen LogP contribution is 2.34. The van der Waals surface area contributed by atoms with Crippen LogP contribution in [0.1, 0.15) is 28.4 Å². The predicted octanol–water partition coefficient (Wildman–Crippen LogP) is 10.3. The number of fused-ring (bicyclic) bond motifs is 2. The first kappa shape index (κ1) is 43.7. The van der Waals surface area contributed by atoms with Gasteiger partial charge in [-0.2, -0.15) is 0 Å². The summed E-state index contributed by atoms with van der Waals surface area (Å²) < 4.78 is 0. The number of aromatic nitrogens is 6. The molecule has 10 aromatic rings. The lowest BCUT2D eigenvalue weighted by Gasteiger charge is -2.10. The van der Waals surface area contributed by atoms with Gasteiger partial charge in [0.2, 0.25) is 0 Å². The molecule has 64 heavy (non-hydrogen) atoms. The van der Waals surface area contributed by atoms with Crippen LogP contribution >= 0.6 is 22.7 Å². The zero-order chi connectivity index (χ0) is 43.7. The van der Waals surface area contributed by atoms with Crippen LogP contribution in [-0.2, 0) is 0 Å². The fourth-order valence-electron chi connectivity index (χ4n) is 6.30.